The third-order valence-electron chi connectivity index (χ3n) is 2.53. The van der Waals surface area contributed by atoms with Gasteiger partial charge in [-0.1, -0.05) is 6.92 Å². The molecule has 7 nitrogen and oxygen atoms in total. The molecule has 3 N–H and O–H groups in total. The molecule has 0 heterocycles. The molecule has 1 amide bonds. The minimum absolute atomic E-state index is 0.142. The second-order valence-electron chi connectivity index (χ2n) is 7.86. The largest absolute Gasteiger partial charge is 0.458 e. The molecule has 2 atom stereocenters. The Morgan fingerprint density at radius 3 is 2.08 bits per heavy atom. The number of ether oxygens (including phenoxy) is 2. The first-order valence-electron chi connectivity index (χ1n) is 8.30. The van der Waals surface area contributed by atoms with Crippen molar-refractivity contribution in [2.75, 3.05) is 12.3 Å². The lowest BCUT2D eigenvalue weighted by molar-refractivity contribution is -0.156. The van der Waals surface area contributed by atoms with E-state index in [-0.39, 0.29) is 5.25 Å². The van der Waals surface area contributed by atoms with Crippen molar-refractivity contribution in [3.8, 4) is 0 Å². The lowest BCUT2D eigenvalue weighted by atomic mass is 10.2. The Labute approximate surface area is 155 Å². The van der Waals surface area contributed by atoms with E-state index in [0.29, 0.717) is 18.1 Å². The number of carbonyl (C=O) groups is 2. The summed E-state index contributed by atoms with van der Waals surface area (Å²) in [4.78, 5) is 28.6. The molecule has 0 bridgehead atoms. The van der Waals surface area contributed by atoms with Crippen LogP contribution in [-0.2, 0) is 14.3 Å². The molecular formula is C17H33N3O4S. The van der Waals surface area contributed by atoms with Gasteiger partial charge in [0.25, 0.3) is 0 Å². The Morgan fingerprint density at radius 2 is 1.64 bits per heavy atom. The zero-order valence-corrected chi connectivity index (χ0v) is 17.5. The van der Waals surface area contributed by atoms with Crippen LogP contribution in [0.25, 0.3) is 0 Å². The topological polar surface area (TPSA) is 103 Å². The van der Waals surface area contributed by atoms with Crippen LogP contribution in [0.3, 0.4) is 0 Å². The van der Waals surface area contributed by atoms with Gasteiger partial charge >= 0.3 is 12.1 Å². The zero-order chi connectivity index (χ0) is 19.8. The number of alkyl carbamates (subject to hydrolysis) is 1. The average Bonchev–Trinajstić information content (AvgIpc) is 2.36. The number of nitrogens with zero attached hydrogens (tertiary/aromatic N) is 1. The summed E-state index contributed by atoms with van der Waals surface area (Å²) in [5, 5.41) is 2.74. The van der Waals surface area contributed by atoms with E-state index in [9.17, 15) is 9.59 Å². The molecule has 0 saturated carbocycles. The molecule has 0 aliphatic heterocycles. The van der Waals surface area contributed by atoms with E-state index in [2.05, 4.69) is 10.3 Å². The summed E-state index contributed by atoms with van der Waals surface area (Å²) in [6.45, 7) is 14.9. The minimum atomic E-state index is -0.801. The fraction of sp³-hybridized carbons (Fsp3) is 0.824. The Bertz CT molecular complexity index is 477. The van der Waals surface area contributed by atoms with Crippen molar-refractivity contribution in [3.05, 3.63) is 0 Å². The van der Waals surface area contributed by atoms with E-state index in [1.807, 2.05) is 6.92 Å². The standard InChI is InChI=1S/C17H33N3O4S/c1-11(9-19-12(2)18)25-10-13(14(21)23-16(3,4)5)20-15(22)24-17(6,7)8/h11,13H,9-10H2,1-8H3,(H2,18,19)(H,20,22)/t11-,13+/m1/s1. The highest BCUT2D eigenvalue weighted by Gasteiger charge is 2.29. The highest BCUT2D eigenvalue weighted by molar-refractivity contribution is 8.00. The first-order chi connectivity index (χ1) is 11.2. The number of nitrogens with two attached hydrogens (primary N) is 1. The molecule has 8 heteroatoms. The van der Waals surface area contributed by atoms with Gasteiger partial charge in [0, 0.05) is 11.0 Å². The van der Waals surface area contributed by atoms with E-state index in [1.54, 1.807) is 48.5 Å². The normalized spacial score (nSPS) is 15.3. The third-order valence-corrected chi connectivity index (χ3v) is 3.77. The van der Waals surface area contributed by atoms with E-state index < -0.39 is 29.3 Å². The lowest BCUT2D eigenvalue weighted by Gasteiger charge is -2.26. The summed E-state index contributed by atoms with van der Waals surface area (Å²) >= 11 is 1.51. The van der Waals surface area contributed by atoms with Gasteiger partial charge in [0.05, 0.1) is 12.4 Å². The van der Waals surface area contributed by atoms with Crippen molar-refractivity contribution in [2.24, 2.45) is 10.7 Å². The summed E-state index contributed by atoms with van der Waals surface area (Å²) in [6.07, 6.45) is -0.646. The summed E-state index contributed by atoms with van der Waals surface area (Å²) in [5.41, 5.74) is 4.25. The second-order valence-corrected chi connectivity index (χ2v) is 9.33. The first-order valence-corrected chi connectivity index (χ1v) is 9.35. The van der Waals surface area contributed by atoms with Crippen molar-refractivity contribution in [3.63, 3.8) is 0 Å². The summed E-state index contributed by atoms with van der Waals surface area (Å²) < 4.78 is 10.6. The highest BCUT2D eigenvalue weighted by Crippen LogP contribution is 2.16. The molecule has 0 spiro atoms. The second kappa shape index (κ2) is 9.89. The van der Waals surface area contributed by atoms with Crippen molar-refractivity contribution < 1.29 is 19.1 Å². The van der Waals surface area contributed by atoms with Gasteiger partial charge in [0.15, 0.2) is 0 Å². The molecule has 0 aromatic heterocycles. The highest BCUT2D eigenvalue weighted by atomic mass is 32.2. The smallest absolute Gasteiger partial charge is 0.408 e. The van der Waals surface area contributed by atoms with Gasteiger partial charge in [0.2, 0.25) is 0 Å². The fourth-order valence-electron chi connectivity index (χ4n) is 1.58. The lowest BCUT2D eigenvalue weighted by Crippen LogP contribution is -2.47. The molecular weight excluding hydrogens is 342 g/mol. The average molecular weight is 376 g/mol. The SMILES string of the molecule is CC(N)=NC[C@@H](C)SC[C@H](NC(=O)OC(C)(C)C)C(=O)OC(C)(C)C. The number of nitrogens with one attached hydrogen (secondary N) is 1. The number of amidine groups is 1. The van der Waals surface area contributed by atoms with E-state index >= 15 is 0 Å². The molecule has 25 heavy (non-hydrogen) atoms. The Hall–Kier alpha value is -1.44. The van der Waals surface area contributed by atoms with Crippen LogP contribution in [0.4, 0.5) is 4.79 Å². The first kappa shape index (κ1) is 23.6. The predicted molar refractivity (Wildman–Crippen MR) is 103 cm³/mol. The summed E-state index contributed by atoms with van der Waals surface area (Å²) in [5.74, 6) is 0.383. The van der Waals surface area contributed by atoms with E-state index in [1.165, 1.54) is 11.8 Å². The third kappa shape index (κ3) is 13.5. The molecule has 0 aliphatic rings. The number of hydrogen-bond acceptors (Lipinski definition) is 6. The van der Waals surface area contributed by atoms with Crippen LogP contribution in [0.1, 0.15) is 55.4 Å². The van der Waals surface area contributed by atoms with Gasteiger partial charge in [-0.3, -0.25) is 4.99 Å². The Balaban J connectivity index is 4.86. The van der Waals surface area contributed by atoms with Gasteiger partial charge < -0.3 is 20.5 Å². The molecule has 0 saturated heterocycles. The van der Waals surface area contributed by atoms with Crippen LogP contribution in [0.5, 0.6) is 0 Å². The molecule has 0 aliphatic carbocycles. The number of aliphatic imine (C=N–C) groups is 1. The summed E-state index contributed by atoms with van der Waals surface area (Å²) in [7, 11) is 0. The van der Waals surface area contributed by atoms with Crippen molar-refractivity contribution in [1.29, 1.82) is 0 Å². The van der Waals surface area contributed by atoms with E-state index in [4.69, 9.17) is 15.2 Å². The maximum Gasteiger partial charge on any atom is 0.408 e. The molecule has 146 valence electrons. The van der Waals surface area contributed by atoms with Crippen LogP contribution in [0.15, 0.2) is 4.99 Å². The van der Waals surface area contributed by atoms with Gasteiger partial charge in [-0.05, 0) is 48.5 Å². The predicted octanol–water partition coefficient (Wildman–Crippen LogP) is 2.72. The molecule has 0 aromatic rings. The molecule has 0 radical (unpaired) electrons. The number of thioether (sulfide) groups is 1. The minimum Gasteiger partial charge on any atom is -0.458 e. The maximum atomic E-state index is 12.4. The summed E-state index contributed by atoms with van der Waals surface area (Å²) in [6, 6.07) is -0.801. The van der Waals surface area contributed by atoms with Gasteiger partial charge in [-0.2, -0.15) is 11.8 Å². The van der Waals surface area contributed by atoms with Crippen LogP contribution in [0, 0.1) is 0 Å². The van der Waals surface area contributed by atoms with Gasteiger partial charge in [-0.15, -0.1) is 0 Å². The molecule has 0 aromatic carbocycles. The maximum absolute atomic E-state index is 12.4. The molecule has 0 fully saturated rings. The van der Waals surface area contributed by atoms with Gasteiger partial charge in [0.1, 0.15) is 17.2 Å². The zero-order valence-electron chi connectivity index (χ0n) is 16.6. The number of amides is 1. The Kier molecular flexibility index (Phi) is 9.32. The monoisotopic (exact) mass is 375 g/mol. The van der Waals surface area contributed by atoms with Crippen molar-refractivity contribution >= 4 is 29.7 Å². The van der Waals surface area contributed by atoms with E-state index in [0.717, 1.165) is 0 Å². The quantitative estimate of drug-likeness (QED) is 0.403. The van der Waals surface area contributed by atoms with Crippen LogP contribution in [0.2, 0.25) is 0 Å². The van der Waals surface area contributed by atoms with Crippen molar-refractivity contribution in [2.45, 2.75) is 77.9 Å². The Morgan fingerprint density at radius 1 is 1.12 bits per heavy atom. The number of rotatable bonds is 7. The van der Waals surface area contributed by atoms with Gasteiger partial charge in [-0.25, -0.2) is 9.59 Å². The molecule has 0 unspecified atom stereocenters. The fourth-order valence-corrected chi connectivity index (χ4v) is 2.50. The number of carbonyl (C=O) groups excluding carboxylic acids is 2. The van der Waals surface area contributed by atoms with Crippen LogP contribution < -0.4 is 11.1 Å². The van der Waals surface area contributed by atoms with Crippen LogP contribution in [-0.4, -0.2) is 52.7 Å². The number of esters is 1. The van der Waals surface area contributed by atoms with Crippen molar-refractivity contribution in [1.82, 2.24) is 5.32 Å². The van der Waals surface area contributed by atoms with Crippen LogP contribution >= 0.6 is 11.8 Å². The number of hydrogen-bond donors (Lipinski definition) is 2. The molecule has 0 rings (SSSR count).